The molecule has 0 N–H and O–H groups in total. The minimum absolute atomic E-state index is 0.218. The highest BCUT2D eigenvalue weighted by Gasteiger charge is 2.15. The van der Waals surface area contributed by atoms with Crippen LogP contribution in [0.4, 0.5) is 0 Å². The van der Waals surface area contributed by atoms with E-state index in [9.17, 15) is 0 Å². The van der Waals surface area contributed by atoms with Crippen molar-refractivity contribution in [3.8, 4) is 0 Å². The second-order valence-electron chi connectivity index (χ2n) is 4.69. The van der Waals surface area contributed by atoms with Gasteiger partial charge in [0.05, 0.1) is 0 Å². The Morgan fingerprint density at radius 1 is 1.08 bits per heavy atom. The predicted molar refractivity (Wildman–Crippen MR) is 61.9 cm³/mol. The van der Waals surface area contributed by atoms with Gasteiger partial charge in [-0.2, -0.15) is 0 Å². The molecule has 13 heavy (non-hydrogen) atoms. The summed E-state index contributed by atoms with van der Waals surface area (Å²) in [5.74, 6) is 0. The van der Waals surface area contributed by atoms with E-state index in [4.69, 9.17) is 0 Å². The van der Waals surface area contributed by atoms with Crippen molar-refractivity contribution >= 4 is 12.6 Å². The van der Waals surface area contributed by atoms with Gasteiger partial charge in [0.2, 0.25) is 0 Å². The number of aryl methyl sites for hydroxylation is 1. The third kappa shape index (κ3) is 2.28. The van der Waals surface area contributed by atoms with Crippen molar-refractivity contribution in [3.63, 3.8) is 0 Å². The van der Waals surface area contributed by atoms with Crippen LogP contribution in [0.2, 0.25) is 0 Å². The van der Waals surface area contributed by atoms with Crippen LogP contribution in [0.25, 0.3) is 0 Å². The molecule has 0 aliphatic carbocycles. The molecule has 1 aromatic carbocycles. The van der Waals surface area contributed by atoms with Gasteiger partial charge in [-0.1, -0.05) is 26.8 Å². The van der Waals surface area contributed by atoms with Crippen LogP contribution in [0.1, 0.15) is 37.5 Å². The Balaban J connectivity index is 3.29. The van der Waals surface area contributed by atoms with Crippen molar-refractivity contribution in [1.82, 2.24) is 0 Å². The van der Waals surface area contributed by atoms with Crippen LogP contribution in [0.3, 0.4) is 0 Å². The van der Waals surface area contributed by atoms with E-state index in [1.807, 2.05) is 0 Å². The topological polar surface area (TPSA) is 0 Å². The van der Waals surface area contributed by atoms with E-state index in [-0.39, 0.29) is 5.41 Å². The van der Waals surface area contributed by atoms with E-state index >= 15 is 0 Å². The van der Waals surface area contributed by atoms with Gasteiger partial charge in [-0.3, -0.25) is 0 Å². The summed E-state index contributed by atoms with van der Waals surface area (Å²) < 4.78 is 0. The van der Waals surface area contributed by atoms with Gasteiger partial charge < -0.3 is 0 Å². The maximum Gasteiger partial charge on any atom is 0.00748 e. The fraction of sp³-hybridized carbons (Fsp3) is 0.500. The molecule has 0 saturated heterocycles. The first-order valence-corrected chi connectivity index (χ1v) is 5.08. The molecule has 0 bridgehead atoms. The number of rotatable bonds is 0. The maximum atomic E-state index is 4.47. The summed E-state index contributed by atoms with van der Waals surface area (Å²) >= 11 is 4.47. The lowest BCUT2D eigenvalue weighted by atomic mass is 9.85. The maximum absolute atomic E-state index is 4.47. The lowest BCUT2D eigenvalue weighted by molar-refractivity contribution is 0.587. The molecule has 72 valence electrons. The highest BCUT2D eigenvalue weighted by molar-refractivity contribution is 7.80. The summed E-state index contributed by atoms with van der Waals surface area (Å²) in [6.07, 6.45) is 0. The lowest BCUT2D eigenvalue weighted by Crippen LogP contribution is -2.11. The zero-order valence-electron chi connectivity index (χ0n) is 9.10. The van der Waals surface area contributed by atoms with Crippen LogP contribution in [-0.4, -0.2) is 0 Å². The first kappa shape index (κ1) is 10.6. The van der Waals surface area contributed by atoms with Crippen LogP contribution >= 0.6 is 12.6 Å². The zero-order chi connectivity index (χ0) is 10.2. The highest BCUT2D eigenvalue weighted by atomic mass is 32.1. The van der Waals surface area contributed by atoms with E-state index in [1.54, 1.807) is 0 Å². The average molecular weight is 194 g/mol. The molecule has 0 fully saturated rings. The number of thiol groups is 1. The van der Waals surface area contributed by atoms with Gasteiger partial charge in [-0.15, -0.1) is 12.6 Å². The summed E-state index contributed by atoms with van der Waals surface area (Å²) in [6, 6.07) is 4.43. The number of benzene rings is 1. The average Bonchev–Trinajstić information content (AvgIpc) is 1.97. The zero-order valence-corrected chi connectivity index (χ0v) is 10.00. The predicted octanol–water partition coefficient (Wildman–Crippen LogP) is 3.89. The molecule has 0 aliphatic rings. The molecule has 0 radical (unpaired) electrons. The van der Waals surface area contributed by atoms with Gasteiger partial charge in [0.25, 0.3) is 0 Å². The van der Waals surface area contributed by atoms with Crippen LogP contribution < -0.4 is 0 Å². The molecule has 0 nitrogen and oxygen atoms in total. The lowest BCUT2D eigenvalue weighted by Gasteiger charge is -2.21. The van der Waals surface area contributed by atoms with Crippen molar-refractivity contribution in [2.75, 3.05) is 0 Å². The number of hydrogen-bond acceptors (Lipinski definition) is 1. The molecule has 0 atom stereocenters. The molecule has 0 heterocycles. The van der Waals surface area contributed by atoms with Gasteiger partial charge in [-0.25, -0.2) is 0 Å². The largest absolute Gasteiger partial charge is 0.143 e. The summed E-state index contributed by atoms with van der Waals surface area (Å²) in [4.78, 5) is 1.10. The Morgan fingerprint density at radius 2 is 1.62 bits per heavy atom. The molecule has 0 spiro atoms. The van der Waals surface area contributed by atoms with E-state index in [1.165, 1.54) is 16.7 Å². The van der Waals surface area contributed by atoms with Crippen LogP contribution in [0.15, 0.2) is 17.0 Å². The Hall–Kier alpha value is -0.430. The second-order valence-corrected chi connectivity index (χ2v) is 5.17. The minimum Gasteiger partial charge on any atom is -0.143 e. The van der Waals surface area contributed by atoms with E-state index in [2.05, 4.69) is 59.4 Å². The smallest absolute Gasteiger partial charge is 0.00748 e. The normalized spacial score (nSPS) is 11.8. The van der Waals surface area contributed by atoms with Crippen LogP contribution in [0.5, 0.6) is 0 Å². The van der Waals surface area contributed by atoms with E-state index < -0.39 is 0 Å². The molecule has 0 saturated carbocycles. The summed E-state index contributed by atoms with van der Waals surface area (Å²) in [6.45, 7) is 10.9. The van der Waals surface area contributed by atoms with Crippen molar-refractivity contribution in [1.29, 1.82) is 0 Å². The molecular formula is C12H18S. The molecule has 0 aromatic heterocycles. The standard InChI is InChI=1S/C12H18S/c1-8-6-10(12(3,4)5)7-11(13)9(8)2/h6-7,13H,1-5H3. The number of hydrogen-bond donors (Lipinski definition) is 1. The second kappa shape index (κ2) is 3.38. The Morgan fingerprint density at radius 3 is 2.00 bits per heavy atom. The van der Waals surface area contributed by atoms with Crippen molar-refractivity contribution in [3.05, 3.63) is 28.8 Å². The van der Waals surface area contributed by atoms with Gasteiger partial charge >= 0.3 is 0 Å². The third-order valence-electron chi connectivity index (χ3n) is 2.51. The SMILES string of the molecule is Cc1cc(C(C)(C)C)cc(S)c1C. The monoisotopic (exact) mass is 194 g/mol. The molecule has 0 unspecified atom stereocenters. The van der Waals surface area contributed by atoms with E-state index in [0.717, 1.165) is 4.90 Å². The van der Waals surface area contributed by atoms with Gasteiger partial charge in [0.15, 0.2) is 0 Å². The molecular weight excluding hydrogens is 176 g/mol. The van der Waals surface area contributed by atoms with Crippen LogP contribution in [-0.2, 0) is 5.41 Å². The first-order valence-electron chi connectivity index (χ1n) is 4.63. The molecule has 1 rings (SSSR count). The molecule has 1 heteroatoms. The fourth-order valence-electron chi connectivity index (χ4n) is 1.27. The summed E-state index contributed by atoms with van der Waals surface area (Å²) in [5, 5.41) is 0. The van der Waals surface area contributed by atoms with Gasteiger partial charge in [0, 0.05) is 4.90 Å². The minimum atomic E-state index is 0.218. The molecule has 0 amide bonds. The van der Waals surface area contributed by atoms with Crippen LogP contribution in [0, 0.1) is 13.8 Å². The Kier molecular flexibility index (Phi) is 2.76. The Labute approximate surface area is 86.8 Å². The van der Waals surface area contributed by atoms with Crippen molar-refractivity contribution < 1.29 is 0 Å². The van der Waals surface area contributed by atoms with Crippen molar-refractivity contribution in [2.45, 2.75) is 44.9 Å². The van der Waals surface area contributed by atoms with E-state index in [0.29, 0.717) is 0 Å². The summed E-state index contributed by atoms with van der Waals surface area (Å²) in [5.41, 5.74) is 4.20. The van der Waals surface area contributed by atoms with Crippen molar-refractivity contribution in [2.24, 2.45) is 0 Å². The van der Waals surface area contributed by atoms with Gasteiger partial charge in [0.1, 0.15) is 0 Å². The quantitative estimate of drug-likeness (QED) is 0.595. The summed E-state index contributed by atoms with van der Waals surface area (Å²) in [7, 11) is 0. The molecule has 0 aliphatic heterocycles. The third-order valence-corrected chi connectivity index (χ3v) is 2.97. The highest BCUT2D eigenvalue weighted by Crippen LogP contribution is 2.28. The molecule has 1 aromatic rings. The van der Waals surface area contributed by atoms with Gasteiger partial charge in [-0.05, 0) is 42.0 Å². The fourth-order valence-corrected chi connectivity index (χ4v) is 1.59. The Bertz CT molecular complexity index is 295. The first-order chi connectivity index (χ1) is 5.82.